The summed E-state index contributed by atoms with van der Waals surface area (Å²) in [6, 6.07) is 0. The van der Waals surface area contributed by atoms with Gasteiger partial charge in [0.25, 0.3) is 0 Å². The molecule has 0 radical (unpaired) electrons. The van der Waals surface area contributed by atoms with Crippen molar-refractivity contribution in [1.29, 1.82) is 0 Å². The third-order valence-electron chi connectivity index (χ3n) is 1.89. The van der Waals surface area contributed by atoms with E-state index in [9.17, 15) is 4.79 Å². The Morgan fingerprint density at radius 3 is 2.31 bits per heavy atom. The summed E-state index contributed by atoms with van der Waals surface area (Å²) in [4.78, 5) is 13.5. The van der Waals surface area contributed by atoms with Crippen LogP contribution in [0.4, 0.5) is 0 Å². The van der Waals surface area contributed by atoms with Crippen LogP contribution in [0.3, 0.4) is 0 Å². The van der Waals surface area contributed by atoms with Gasteiger partial charge in [-0.25, -0.2) is 0 Å². The quantitative estimate of drug-likeness (QED) is 0.613. The molecule has 0 heterocycles. The SMILES string of the molecule is C=CCN(C(=O)CCC)C(C)(C)C. The van der Waals surface area contributed by atoms with Crippen molar-refractivity contribution in [3.63, 3.8) is 0 Å². The highest BCUT2D eigenvalue weighted by Gasteiger charge is 2.23. The topological polar surface area (TPSA) is 20.3 Å². The standard InChI is InChI=1S/C11H21NO/c1-6-8-10(13)12(9-7-2)11(3,4)5/h7H,2,6,8-9H2,1,3-5H3. The fourth-order valence-corrected chi connectivity index (χ4v) is 1.23. The molecule has 0 aromatic rings. The fraction of sp³-hybridized carbons (Fsp3) is 0.727. The van der Waals surface area contributed by atoms with Gasteiger partial charge in [-0.2, -0.15) is 0 Å². The van der Waals surface area contributed by atoms with E-state index in [2.05, 4.69) is 6.58 Å². The zero-order valence-electron chi connectivity index (χ0n) is 9.26. The van der Waals surface area contributed by atoms with Gasteiger partial charge in [0.05, 0.1) is 0 Å². The number of nitrogens with zero attached hydrogens (tertiary/aromatic N) is 1. The van der Waals surface area contributed by atoms with E-state index in [0.29, 0.717) is 13.0 Å². The molecular formula is C11H21NO. The molecule has 2 heteroatoms. The lowest BCUT2D eigenvalue weighted by atomic mass is 10.1. The van der Waals surface area contributed by atoms with Crippen LogP contribution >= 0.6 is 0 Å². The van der Waals surface area contributed by atoms with Gasteiger partial charge in [-0.05, 0) is 27.2 Å². The van der Waals surface area contributed by atoms with E-state index in [0.717, 1.165) is 6.42 Å². The predicted octanol–water partition coefficient (Wildman–Crippen LogP) is 2.60. The minimum atomic E-state index is -0.0968. The van der Waals surface area contributed by atoms with Crippen molar-refractivity contribution in [3.05, 3.63) is 12.7 Å². The molecule has 13 heavy (non-hydrogen) atoms. The average molecular weight is 183 g/mol. The summed E-state index contributed by atoms with van der Waals surface area (Å²) >= 11 is 0. The van der Waals surface area contributed by atoms with E-state index in [4.69, 9.17) is 0 Å². The van der Waals surface area contributed by atoms with Crippen LogP contribution in [-0.4, -0.2) is 22.9 Å². The highest BCUT2D eigenvalue weighted by Crippen LogP contribution is 2.14. The molecule has 0 spiro atoms. The molecule has 0 aliphatic rings. The Kier molecular flexibility index (Phi) is 4.74. The molecule has 1 amide bonds. The summed E-state index contributed by atoms with van der Waals surface area (Å²) in [5.41, 5.74) is -0.0968. The van der Waals surface area contributed by atoms with E-state index >= 15 is 0 Å². The predicted molar refractivity (Wildman–Crippen MR) is 56.6 cm³/mol. The summed E-state index contributed by atoms with van der Waals surface area (Å²) in [6.07, 6.45) is 3.31. The molecule has 0 saturated heterocycles. The van der Waals surface area contributed by atoms with Gasteiger partial charge in [0.15, 0.2) is 0 Å². The van der Waals surface area contributed by atoms with E-state index in [-0.39, 0.29) is 11.4 Å². The molecule has 0 aromatic heterocycles. The molecule has 0 atom stereocenters. The van der Waals surface area contributed by atoms with Crippen LogP contribution in [0.5, 0.6) is 0 Å². The molecule has 0 saturated carbocycles. The van der Waals surface area contributed by atoms with E-state index in [1.54, 1.807) is 6.08 Å². The lowest BCUT2D eigenvalue weighted by Crippen LogP contribution is -2.45. The molecule has 0 rings (SSSR count). The van der Waals surface area contributed by atoms with Crippen molar-refractivity contribution >= 4 is 5.91 Å². The van der Waals surface area contributed by atoms with Crippen LogP contribution in [0.15, 0.2) is 12.7 Å². The van der Waals surface area contributed by atoms with Crippen molar-refractivity contribution in [3.8, 4) is 0 Å². The molecule has 0 unspecified atom stereocenters. The second kappa shape index (κ2) is 5.05. The Morgan fingerprint density at radius 1 is 1.46 bits per heavy atom. The highest BCUT2D eigenvalue weighted by molar-refractivity contribution is 5.77. The first kappa shape index (κ1) is 12.2. The van der Waals surface area contributed by atoms with E-state index in [1.165, 1.54) is 0 Å². The molecule has 2 nitrogen and oxygen atoms in total. The van der Waals surface area contributed by atoms with Crippen LogP contribution < -0.4 is 0 Å². The maximum Gasteiger partial charge on any atom is 0.223 e. The Hall–Kier alpha value is -0.790. The molecule has 0 bridgehead atoms. The zero-order chi connectivity index (χ0) is 10.5. The number of rotatable bonds is 4. The van der Waals surface area contributed by atoms with Crippen molar-refractivity contribution in [2.24, 2.45) is 0 Å². The van der Waals surface area contributed by atoms with E-state index in [1.807, 2.05) is 32.6 Å². The Labute approximate surface area is 81.6 Å². The third kappa shape index (κ3) is 4.11. The first-order valence-corrected chi connectivity index (χ1v) is 4.84. The largest absolute Gasteiger partial charge is 0.334 e. The van der Waals surface area contributed by atoms with Gasteiger partial charge in [-0.15, -0.1) is 6.58 Å². The van der Waals surface area contributed by atoms with Crippen LogP contribution in [0.25, 0.3) is 0 Å². The second-order valence-electron chi connectivity index (χ2n) is 4.21. The molecule has 76 valence electrons. The summed E-state index contributed by atoms with van der Waals surface area (Å²) in [5, 5.41) is 0. The van der Waals surface area contributed by atoms with Crippen LogP contribution in [0, 0.1) is 0 Å². The van der Waals surface area contributed by atoms with Crippen molar-refractivity contribution in [1.82, 2.24) is 4.90 Å². The van der Waals surface area contributed by atoms with Gasteiger partial charge in [0, 0.05) is 18.5 Å². The lowest BCUT2D eigenvalue weighted by Gasteiger charge is -2.35. The summed E-state index contributed by atoms with van der Waals surface area (Å²) < 4.78 is 0. The van der Waals surface area contributed by atoms with Crippen molar-refractivity contribution in [2.75, 3.05) is 6.54 Å². The second-order valence-corrected chi connectivity index (χ2v) is 4.21. The van der Waals surface area contributed by atoms with Gasteiger partial charge < -0.3 is 4.90 Å². The smallest absolute Gasteiger partial charge is 0.223 e. The first-order chi connectivity index (χ1) is 5.93. The maximum atomic E-state index is 11.7. The minimum Gasteiger partial charge on any atom is -0.334 e. The fourth-order valence-electron chi connectivity index (χ4n) is 1.23. The van der Waals surface area contributed by atoms with Crippen LogP contribution in [-0.2, 0) is 4.79 Å². The minimum absolute atomic E-state index is 0.0968. The van der Waals surface area contributed by atoms with Gasteiger partial charge in [0.1, 0.15) is 0 Å². The van der Waals surface area contributed by atoms with Gasteiger partial charge in [0.2, 0.25) is 5.91 Å². The third-order valence-corrected chi connectivity index (χ3v) is 1.89. The monoisotopic (exact) mass is 183 g/mol. The highest BCUT2D eigenvalue weighted by atomic mass is 16.2. The number of amides is 1. The summed E-state index contributed by atoms with van der Waals surface area (Å²) in [5.74, 6) is 0.218. The molecule has 0 aliphatic heterocycles. The molecule has 0 aromatic carbocycles. The van der Waals surface area contributed by atoms with Crippen molar-refractivity contribution < 1.29 is 4.79 Å². The number of carbonyl (C=O) groups is 1. The van der Waals surface area contributed by atoms with Gasteiger partial charge in [-0.1, -0.05) is 13.0 Å². The summed E-state index contributed by atoms with van der Waals surface area (Å²) in [7, 11) is 0. The number of hydrogen-bond acceptors (Lipinski definition) is 1. The molecule has 0 N–H and O–H groups in total. The van der Waals surface area contributed by atoms with Gasteiger partial charge in [-0.3, -0.25) is 4.79 Å². The molecule has 0 aliphatic carbocycles. The first-order valence-electron chi connectivity index (χ1n) is 4.84. The lowest BCUT2D eigenvalue weighted by molar-refractivity contribution is -0.135. The number of hydrogen-bond donors (Lipinski definition) is 0. The van der Waals surface area contributed by atoms with Crippen LogP contribution in [0.1, 0.15) is 40.5 Å². The Balaban J connectivity index is 4.41. The van der Waals surface area contributed by atoms with E-state index < -0.39 is 0 Å². The normalized spacial score (nSPS) is 11.1. The van der Waals surface area contributed by atoms with Crippen LogP contribution in [0.2, 0.25) is 0 Å². The average Bonchev–Trinajstić information content (AvgIpc) is 1.98. The number of carbonyl (C=O) groups excluding carboxylic acids is 1. The zero-order valence-corrected chi connectivity index (χ0v) is 9.26. The Bertz CT molecular complexity index is 179. The maximum absolute atomic E-state index is 11.7. The van der Waals surface area contributed by atoms with Gasteiger partial charge >= 0.3 is 0 Å². The summed E-state index contributed by atoms with van der Waals surface area (Å²) in [6.45, 7) is 12.5. The molecular weight excluding hydrogens is 162 g/mol. The molecule has 0 fully saturated rings. The van der Waals surface area contributed by atoms with Crippen molar-refractivity contribution in [2.45, 2.75) is 46.1 Å². The Morgan fingerprint density at radius 2 is 2.00 bits per heavy atom.